The van der Waals surface area contributed by atoms with Gasteiger partial charge in [0.15, 0.2) is 0 Å². The molecule has 10 nitrogen and oxygen atoms in total. The smallest absolute Gasteiger partial charge is 0.312 e. The van der Waals surface area contributed by atoms with E-state index >= 15 is 0 Å². The molecular weight excluding hydrogens is 520 g/mol. The van der Waals surface area contributed by atoms with E-state index in [1.165, 1.54) is 0 Å². The van der Waals surface area contributed by atoms with Gasteiger partial charge in [0.1, 0.15) is 12.1 Å². The van der Waals surface area contributed by atoms with Crippen LogP contribution in [0, 0.1) is 5.92 Å². The molecule has 0 radical (unpaired) electrons. The van der Waals surface area contributed by atoms with Gasteiger partial charge in [0.25, 0.3) is 0 Å². The molecule has 2 aromatic carbocycles. The first kappa shape index (κ1) is 30.0. The standard InChI is InChI=1S/C31H42N6O4/c1-3-24(33-2)28(38)36-27-22(18-19-34-31(32)41)14-15-23-16-17-25(37(23)30(27)40)29(39)35-26(20-10-6-4-7-11-20)21-12-8-5-9-13-21/h4-13,22-27,33H,3,14-19H2,1-2H3,(H,35,39)(H,36,38)(H3,32,34,41)/t22-,23+,24+,25+,27+/m1/s1. The Bertz CT molecular complexity index is 1150. The van der Waals surface area contributed by atoms with Crippen molar-refractivity contribution < 1.29 is 19.2 Å². The number of primary amides is 1. The van der Waals surface area contributed by atoms with Crippen LogP contribution in [0.5, 0.6) is 0 Å². The highest BCUT2D eigenvalue weighted by atomic mass is 16.2. The zero-order valence-corrected chi connectivity index (χ0v) is 23.8. The number of nitrogens with zero attached hydrogens (tertiary/aromatic N) is 1. The van der Waals surface area contributed by atoms with E-state index in [-0.39, 0.29) is 35.7 Å². The van der Waals surface area contributed by atoms with E-state index in [2.05, 4.69) is 21.3 Å². The molecule has 2 aromatic rings. The van der Waals surface area contributed by atoms with Crippen LogP contribution in [0.1, 0.15) is 62.6 Å². The normalized spacial score (nSPS) is 22.9. The molecule has 0 saturated carbocycles. The summed E-state index contributed by atoms with van der Waals surface area (Å²) in [5.74, 6) is -0.917. The summed E-state index contributed by atoms with van der Waals surface area (Å²) in [6.45, 7) is 2.20. The first-order valence-electron chi connectivity index (χ1n) is 14.6. The number of likely N-dealkylation sites (N-methyl/N-ethyl adjacent to an activating group) is 1. The number of amides is 5. The molecule has 41 heavy (non-hydrogen) atoms. The monoisotopic (exact) mass is 562 g/mol. The van der Waals surface area contributed by atoms with Crippen molar-refractivity contribution in [1.29, 1.82) is 0 Å². The number of hydrogen-bond donors (Lipinski definition) is 5. The van der Waals surface area contributed by atoms with Crippen molar-refractivity contribution in [1.82, 2.24) is 26.2 Å². The fourth-order valence-electron chi connectivity index (χ4n) is 6.23. The van der Waals surface area contributed by atoms with Gasteiger partial charge in [0.05, 0.1) is 12.1 Å². The summed E-state index contributed by atoms with van der Waals surface area (Å²) in [6.07, 6.45) is 3.71. The van der Waals surface area contributed by atoms with E-state index < -0.39 is 24.2 Å². The zero-order valence-electron chi connectivity index (χ0n) is 23.8. The Morgan fingerprint density at radius 3 is 2.12 bits per heavy atom. The maximum Gasteiger partial charge on any atom is 0.312 e. The van der Waals surface area contributed by atoms with Crippen LogP contribution < -0.4 is 27.0 Å². The lowest BCUT2D eigenvalue weighted by atomic mass is 9.90. The molecule has 0 bridgehead atoms. The third-order valence-corrected chi connectivity index (χ3v) is 8.41. The number of nitrogens with two attached hydrogens (primary N) is 1. The average molecular weight is 563 g/mol. The highest BCUT2D eigenvalue weighted by molar-refractivity contribution is 5.94. The van der Waals surface area contributed by atoms with Gasteiger partial charge in [-0.2, -0.15) is 0 Å². The summed E-state index contributed by atoms with van der Waals surface area (Å²) in [4.78, 5) is 54.2. The number of benzene rings is 2. The number of carbonyl (C=O) groups excluding carboxylic acids is 4. The average Bonchev–Trinajstić information content (AvgIpc) is 3.36. The third-order valence-electron chi connectivity index (χ3n) is 8.41. The molecule has 0 aliphatic carbocycles. The molecule has 0 aromatic heterocycles. The molecule has 10 heteroatoms. The quantitative estimate of drug-likeness (QED) is 0.285. The number of nitrogens with one attached hydrogen (secondary N) is 4. The molecule has 4 rings (SSSR count). The van der Waals surface area contributed by atoms with Crippen molar-refractivity contribution in [2.24, 2.45) is 11.7 Å². The predicted octanol–water partition coefficient (Wildman–Crippen LogP) is 2.20. The van der Waals surface area contributed by atoms with Gasteiger partial charge < -0.3 is 31.9 Å². The van der Waals surface area contributed by atoms with Crippen LogP contribution >= 0.6 is 0 Å². The van der Waals surface area contributed by atoms with Crippen LogP contribution in [-0.4, -0.2) is 66.4 Å². The van der Waals surface area contributed by atoms with E-state index in [0.29, 0.717) is 45.1 Å². The fraction of sp³-hybridized carbons (Fsp3) is 0.484. The highest BCUT2D eigenvalue weighted by Gasteiger charge is 2.47. The van der Waals surface area contributed by atoms with Gasteiger partial charge in [0, 0.05) is 12.6 Å². The summed E-state index contributed by atoms with van der Waals surface area (Å²) in [5, 5.41) is 11.8. The first-order valence-corrected chi connectivity index (χ1v) is 14.6. The molecule has 6 N–H and O–H groups in total. The zero-order chi connectivity index (χ0) is 29.4. The number of carbonyl (C=O) groups is 4. The molecule has 2 aliphatic heterocycles. The minimum atomic E-state index is -0.808. The molecule has 5 amide bonds. The first-order chi connectivity index (χ1) is 19.8. The number of fused-ring (bicyclic) bond motifs is 1. The maximum absolute atomic E-state index is 14.2. The lowest BCUT2D eigenvalue weighted by Gasteiger charge is -2.33. The number of rotatable bonds is 11. The second kappa shape index (κ2) is 14.1. The van der Waals surface area contributed by atoms with Crippen molar-refractivity contribution in [3.05, 3.63) is 71.8 Å². The topological polar surface area (TPSA) is 146 Å². The van der Waals surface area contributed by atoms with Crippen molar-refractivity contribution in [3.63, 3.8) is 0 Å². The Kier molecular flexibility index (Phi) is 10.3. The molecule has 2 saturated heterocycles. The molecule has 5 atom stereocenters. The van der Waals surface area contributed by atoms with Crippen LogP contribution in [0.4, 0.5) is 4.79 Å². The van der Waals surface area contributed by atoms with E-state index in [1.807, 2.05) is 67.6 Å². The highest BCUT2D eigenvalue weighted by Crippen LogP contribution is 2.35. The summed E-state index contributed by atoms with van der Waals surface area (Å²) in [5.41, 5.74) is 7.16. The van der Waals surface area contributed by atoms with Crippen LogP contribution in [0.15, 0.2) is 60.7 Å². The molecule has 2 fully saturated rings. The molecule has 2 aliphatic rings. The maximum atomic E-state index is 14.2. The van der Waals surface area contributed by atoms with Gasteiger partial charge in [-0.25, -0.2) is 4.79 Å². The number of hydrogen-bond acceptors (Lipinski definition) is 5. The van der Waals surface area contributed by atoms with Crippen molar-refractivity contribution in [3.8, 4) is 0 Å². The van der Waals surface area contributed by atoms with Gasteiger partial charge in [-0.1, -0.05) is 67.6 Å². The second-order valence-electron chi connectivity index (χ2n) is 10.9. The van der Waals surface area contributed by atoms with E-state index in [0.717, 1.165) is 11.1 Å². The van der Waals surface area contributed by atoms with Crippen LogP contribution in [-0.2, 0) is 14.4 Å². The Labute approximate surface area is 241 Å². The Morgan fingerprint density at radius 1 is 0.951 bits per heavy atom. The largest absolute Gasteiger partial charge is 0.352 e. The van der Waals surface area contributed by atoms with E-state index in [1.54, 1.807) is 11.9 Å². The predicted molar refractivity (Wildman–Crippen MR) is 157 cm³/mol. The molecule has 0 spiro atoms. The molecule has 2 heterocycles. The van der Waals surface area contributed by atoms with Crippen LogP contribution in [0.2, 0.25) is 0 Å². The SMILES string of the molecule is CC[C@H](NC)C(=O)N[C@@H]1C(=O)N2[C@@H](CC[C@@H]1CCNC(N)=O)CC[C@H]2C(=O)NC(c1ccccc1)c1ccccc1. The van der Waals surface area contributed by atoms with E-state index in [4.69, 9.17) is 5.73 Å². The second-order valence-corrected chi connectivity index (χ2v) is 10.9. The minimum absolute atomic E-state index is 0.0927. The van der Waals surface area contributed by atoms with E-state index in [9.17, 15) is 19.2 Å². The van der Waals surface area contributed by atoms with Crippen LogP contribution in [0.3, 0.4) is 0 Å². The summed E-state index contributed by atoms with van der Waals surface area (Å²) >= 11 is 0. The molecule has 220 valence electrons. The van der Waals surface area contributed by atoms with Gasteiger partial charge in [0.2, 0.25) is 17.7 Å². The minimum Gasteiger partial charge on any atom is -0.352 e. The van der Waals surface area contributed by atoms with Gasteiger partial charge in [-0.3, -0.25) is 14.4 Å². The van der Waals surface area contributed by atoms with Gasteiger partial charge in [-0.15, -0.1) is 0 Å². The Hall–Kier alpha value is -3.92. The molecule has 0 unspecified atom stereocenters. The number of urea groups is 1. The van der Waals surface area contributed by atoms with Gasteiger partial charge >= 0.3 is 6.03 Å². The summed E-state index contributed by atoms with van der Waals surface area (Å²) in [6, 6.07) is 16.6. The Morgan fingerprint density at radius 2 is 1.56 bits per heavy atom. The van der Waals surface area contributed by atoms with Crippen LogP contribution in [0.25, 0.3) is 0 Å². The van der Waals surface area contributed by atoms with Crippen molar-refractivity contribution in [2.45, 2.75) is 75.7 Å². The summed E-state index contributed by atoms with van der Waals surface area (Å²) in [7, 11) is 1.71. The lowest BCUT2D eigenvalue weighted by Crippen LogP contribution is -2.58. The third kappa shape index (κ3) is 7.24. The Balaban J connectivity index is 1.58. The molecular formula is C31H42N6O4. The van der Waals surface area contributed by atoms with Crippen molar-refractivity contribution in [2.75, 3.05) is 13.6 Å². The fourth-order valence-corrected chi connectivity index (χ4v) is 6.23. The lowest BCUT2D eigenvalue weighted by molar-refractivity contribution is -0.143. The van der Waals surface area contributed by atoms with Gasteiger partial charge in [-0.05, 0) is 62.6 Å². The van der Waals surface area contributed by atoms with Crippen molar-refractivity contribution >= 4 is 23.8 Å². The summed E-state index contributed by atoms with van der Waals surface area (Å²) < 4.78 is 0.